The molecule has 23 heavy (non-hydrogen) atoms. The van der Waals surface area contributed by atoms with E-state index in [4.69, 9.17) is 69.6 Å². The van der Waals surface area contributed by atoms with Crippen LogP contribution in [-0.4, -0.2) is 54.0 Å². The quantitative estimate of drug-likeness (QED) is 0.182. The smallest absolute Gasteiger partial charge is 0.412 e. The largest absolute Gasteiger partial charge is 2.00 e. The third kappa shape index (κ3) is 11.0. The van der Waals surface area contributed by atoms with Crippen molar-refractivity contribution in [2.45, 2.75) is 32.3 Å². The summed E-state index contributed by atoms with van der Waals surface area (Å²) in [6, 6.07) is 0. The maximum absolute atomic E-state index is 5.88. The second kappa shape index (κ2) is 14.5. The van der Waals surface area contributed by atoms with Gasteiger partial charge in [0.25, 0.3) is 0 Å². The normalized spacial score (nSPS) is 32.6. The molecule has 2 N–H and O–H groups in total. The first-order valence-electron chi connectivity index (χ1n) is 5.83. The summed E-state index contributed by atoms with van der Waals surface area (Å²) >= 11 is 53.7. The fourth-order valence-corrected chi connectivity index (χ4v) is 4.12. The molecule has 0 spiro atoms. The van der Waals surface area contributed by atoms with E-state index < -0.39 is 32.3 Å². The Morgan fingerprint density at radius 2 is 0.826 bits per heavy atom. The van der Waals surface area contributed by atoms with Gasteiger partial charge in [0.1, 0.15) is 0 Å². The molecule has 1 rings (SSSR count). The zero-order chi connectivity index (χ0) is 17.4. The van der Waals surface area contributed by atoms with Crippen LogP contribution in [0.4, 0.5) is 0 Å². The van der Waals surface area contributed by atoms with Crippen LogP contribution in [-0.2, 0) is 42.3 Å². The van der Waals surface area contributed by atoms with Crippen molar-refractivity contribution in [2.24, 2.45) is 0 Å². The van der Waals surface area contributed by atoms with Gasteiger partial charge < -0.3 is 60.3 Å². The van der Waals surface area contributed by atoms with E-state index in [9.17, 15) is 0 Å². The summed E-state index contributed by atoms with van der Waals surface area (Å²) in [6.45, 7) is 1.33. The van der Waals surface area contributed by atoms with Gasteiger partial charge >= 0.3 is 17.1 Å². The van der Waals surface area contributed by atoms with Crippen molar-refractivity contribution in [1.82, 2.24) is 10.6 Å². The Morgan fingerprint density at radius 3 is 0.957 bits per heavy atom. The topological polar surface area (TPSA) is 24.1 Å². The molecular formula is C10H12Cl6MnN2S4. The molecule has 2 nitrogen and oxygen atoms in total. The van der Waals surface area contributed by atoms with Crippen LogP contribution in [0.25, 0.3) is 0 Å². The molecule has 0 aromatic carbocycles. The average molecular weight is 556 g/mol. The van der Waals surface area contributed by atoms with E-state index in [-0.39, 0.29) is 17.1 Å². The van der Waals surface area contributed by atoms with Gasteiger partial charge in [0.2, 0.25) is 0 Å². The van der Waals surface area contributed by atoms with Crippen LogP contribution in [0.2, 0.25) is 0 Å². The maximum atomic E-state index is 5.88. The van der Waals surface area contributed by atoms with Crippen molar-refractivity contribution >= 4 is 128 Å². The zero-order valence-corrected chi connectivity index (χ0v) is 20.1. The van der Waals surface area contributed by atoms with Gasteiger partial charge in [-0.1, -0.05) is 8.64 Å². The molecule has 0 unspecified atom stereocenters. The van der Waals surface area contributed by atoms with E-state index >= 15 is 0 Å². The van der Waals surface area contributed by atoms with Gasteiger partial charge in [-0.15, -0.1) is 69.6 Å². The Morgan fingerprint density at radius 1 is 0.652 bits per heavy atom. The summed E-state index contributed by atoms with van der Waals surface area (Å²) in [5, 5.41) is 2.94. The van der Waals surface area contributed by atoms with Crippen LogP contribution < -0.4 is 10.6 Å². The molecule has 135 valence electrons. The van der Waals surface area contributed by atoms with Crippen molar-refractivity contribution in [3.8, 4) is 0 Å². The number of halogens is 6. The van der Waals surface area contributed by atoms with Crippen LogP contribution >= 0.6 is 94.0 Å². The molecule has 1 saturated carbocycles. The molecule has 0 aliphatic heterocycles. The Bertz CT molecular complexity index is 309. The molecule has 13 heteroatoms. The number of nitrogens with one attached hydrogen (secondary N) is 2. The van der Waals surface area contributed by atoms with Crippen LogP contribution in [0.5, 0.6) is 0 Å². The van der Waals surface area contributed by atoms with Crippen molar-refractivity contribution in [2.75, 3.05) is 13.1 Å². The third-order valence-electron chi connectivity index (χ3n) is 2.49. The SMILES string of the molecule is ClC1C(Cl)C(Cl)C(Cl)C(Cl)C1Cl.S=C([S-])NCCNC(=S)[S-].[Mn+2]. The van der Waals surface area contributed by atoms with Crippen LogP contribution in [0.1, 0.15) is 0 Å². The predicted molar refractivity (Wildman–Crippen MR) is 114 cm³/mol. The fraction of sp³-hybridized carbons (Fsp3) is 0.800. The van der Waals surface area contributed by atoms with Gasteiger partial charge in [-0.25, -0.2) is 0 Å². The summed E-state index contributed by atoms with van der Waals surface area (Å²) in [5.41, 5.74) is 0. The molecule has 0 heterocycles. The standard InChI is InChI=1S/C6H6Cl6.C4H8N2S4.Mn/c7-1-2(8)4(10)6(12)5(11)3(1)9;7-3(8)5-1-2-6-4(9)10;/h1-6H;1-2H2,(H2,5,7,8)(H2,6,9,10);/q;;+2/p-2. The number of hydrogen-bond acceptors (Lipinski definition) is 4. The van der Waals surface area contributed by atoms with Gasteiger partial charge in [0, 0.05) is 13.1 Å². The molecular weight excluding hydrogens is 544 g/mol. The van der Waals surface area contributed by atoms with E-state index in [2.05, 4.69) is 60.3 Å². The molecule has 0 aromatic heterocycles. The van der Waals surface area contributed by atoms with Gasteiger partial charge in [-0.3, -0.25) is 0 Å². The first kappa shape index (κ1) is 27.7. The Balaban J connectivity index is 0. The Hall–Kier alpha value is 2.48. The molecule has 0 saturated heterocycles. The van der Waals surface area contributed by atoms with Crippen LogP contribution in [0.3, 0.4) is 0 Å². The molecule has 0 atom stereocenters. The number of rotatable bonds is 3. The third-order valence-corrected chi connectivity index (χ3v) is 7.10. The van der Waals surface area contributed by atoms with E-state index in [1.54, 1.807) is 0 Å². The molecule has 1 aliphatic rings. The maximum Gasteiger partial charge on any atom is 2.00 e. The first-order chi connectivity index (χ1) is 10.1. The first-order valence-corrected chi connectivity index (χ1v) is 10.1. The van der Waals surface area contributed by atoms with E-state index in [0.29, 0.717) is 21.7 Å². The van der Waals surface area contributed by atoms with Gasteiger partial charge in [-0.05, 0) is 0 Å². The van der Waals surface area contributed by atoms with Crippen molar-refractivity contribution in [3.63, 3.8) is 0 Å². The van der Waals surface area contributed by atoms with E-state index in [0.717, 1.165) is 0 Å². The Labute approximate surface area is 199 Å². The zero-order valence-electron chi connectivity index (χ0n) is 11.2. The second-order valence-electron chi connectivity index (χ2n) is 4.10. The number of alkyl halides is 6. The summed E-state index contributed by atoms with van der Waals surface area (Å²) in [6.07, 6.45) is 0. The number of thiocarbonyl (C=S) groups is 2. The van der Waals surface area contributed by atoms with Gasteiger partial charge in [0.15, 0.2) is 0 Å². The summed E-state index contributed by atoms with van der Waals surface area (Å²) in [4.78, 5) is 0. The summed E-state index contributed by atoms with van der Waals surface area (Å²) in [7, 11) is 0. The van der Waals surface area contributed by atoms with Gasteiger partial charge in [0.05, 0.1) is 32.3 Å². The summed E-state index contributed by atoms with van der Waals surface area (Å²) < 4.78 is 0.745. The van der Waals surface area contributed by atoms with Crippen molar-refractivity contribution < 1.29 is 17.1 Å². The predicted octanol–water partition coefficient (Wildman–Crippen LogP) is 3.47. The molecule has 1 aliphatic carbocycles. The van der Waals surface area contributed by atoms with Gasteiger partial charge in [-0.2, -0.15) is 0 Å². The van der Waals surface area contributed by atoms with E-state index in [1.165, 1.54) is 0 Å². The minimum absolute atomic E-state index is 0. The molecule has 0 bridgehead atoms. The monoisotopic (exact) mass is 553 g/mol. The molecule has 0 aromatic rings. The summed E-state index contributed by atoms with van der Waals surface area (Å²) in [5.74, 6) is 0. The Kier molecular flexibility index (Phi) is 17.5. The fourth-order valence-electron chi connectivity index (χ4n) is 1.38. The minimum Gasteiger partial charge on any atom is -0.412 e. The van der Waals surface area contributed by atoms with Crippen LogP contribution in [0.15, 0.2) is 0 Å². The molecule has 1 radical (unpaired) electrons. The minimum atomic E-state index is -0.437. The number of hydrogen-bond donors (Lipinski definition) is 2. The second-order valence-corrected chi connectivity index (χ2v) is 9.27. The van der Waals surface area contributed by atoms with Crippen molar-refractivity contribution in [1.29, 1.82) is 0 Å². The molecule has 1 fully saturated rings. The molecule has 0 amide bonds. The average Bonchev–Trinajstić information content (AvgIpc) is 2.46. The van der Waals surface area contributed by atoms with Crippen LogP contribution in [0, 0.1) is 0 Å². The van der Waals surface area contributed by atoms with Crippen molar-refractivity contribution in [3.05, 3.63) is 0 Å². The van der Waals surface area contributed by atoms with E-state index in [1.807, 2.05) is 0 Å².